The van der Waals surface area contributed by atoms with E-state index >= 15 is 0 Å². The van der Waals surface area contributed by atoms with Crippen molar-refractivity contribution in [2.45, 2.75) is 0 Å². The maximum Gasteiger partial charge on any atom is 0.337 e. The molecule has 20 heavy (non-hydrogen) atoms. The van der Waals surface area contributed by atoms with Gasteiger partial charge < -0.3 is 15.2 Å². The summed E-state index contributed by atoms with van der Waals surface area (Å²) in [6.45, 7) is 0. The fourth-order valence-electron chi connectivity index (χ4n) is 1.68. The summed E-state index contributed by atoms with van der Waals surface area (Å²) >= 11 is 0. The minimum Gasteiger partial charge on any atom is -0.497 e. The molecule has 0 aliphatic heterocycles. The first-order chi connectivity index (χ1) is 9.51. The molecule has 2 N–H and O–H groups in total. The highest BCUT2D eigenvalue weighted by Gasteiger charge is 2.15. The maximum atomic E-state index is 13.2. The average Bonchev–Trinajstić information content (AvgIpc) is 2.42. The second-order valence-electron chi connectivity index (χ2n) is 3.97. The summed E-state index contributed by atoms with van der Waals surface area (Å²) in [6, 6.07) is 8.08. The van der Waals surface area contributed by atoms with E-state index in [9.17, 15) is 13.6 Å². The standard InChI is InChI=1S/C14H11F2NO3/c1-20-9-4-2-3-8(5-9)17-13-7-12(16)11(15)6-10(13)14(18)19/h2-7,17H,1H3,(H,18,19). The number of nitrogens with one attached hydrogen (secondary N) is 1. The van der Waals surface area contributed by atoms with Gasteiger partial charge in [0.25, 0.3) is 0 Å². The summed E-state index contributed by atoms with van der Waals surface area (Å²) in [4.78, 5) is 11.0. The highest BCUT2D eigenvalue weighted by Crippen LogP contribution is 2.26. The number of aromatic carboxylic acids is 1. The first kappa shape index (κ1) is 13.8. The van der Waals surface area contributed by atoms with Crippen molar-refractivity contribution in [1.29, 1.82) is 0 Å². The van der Waals surface area contributed by atoms with E-state index in [1.807, 2.05) is 0 Å². The molecule has 2 rings (SSSR count). The van der Waals surface area contributed by atoms with Crippen LogP contribution in [0, 0.1) is 11.6 Å². The van der Waals surface area contributed by atoms with Crippen molar-refractivity contribution in [3.8, 4) is 5.75 Å². The van der Waals surface area contributed by atoms with Crippen LogP contribution in [0.15, 0.2) is 36.4 Å². The van der Waals surface area contributed by atoms with Crippen LogP contribution in [0.1, 0.15) is 10.4 Å². The Morgan fingerprint density at radius 1 is 1.20 bits per heavy atom. The molecule has 0 saturated carbocycles. The van der Waals surface area contributed by atoms with Gasteiger partial charge in [-0.1, -0.05) is 6.07 Å². The number of halogens is 2. The number of rotatable bonds is 4. The van der Waals surface area contributed by atoms with Gasteiger partial charge in [-0.05, 0) is 18.2 Å². The Kier molecular flexibility index (Phi) is 3.84. The van der Waals surface area contributed by atoms with Crippen molar-refractivity contribution in [1.82, 2.24) is 0 Å². The Labute approximate surface area is 113 Å². The zero-order chi connectivity index (χ0) is 14.7. The lowest BCUT2D eigenvalue weighted by Gasteiger charge is -2.11. The molecule has 0 atom stereocenters. The highest BCUT2D eigenvalue weighted by atomic mass is 19.2. The number of anilines is 2. The zero-order valence-electron chi connectivity index (χ0n) is 10.5. The predicted octanol–water partition coefficient (Wildman–Crippen LogP) is 3.42. The fraction of sp³-hybridized carbons (Fsp3) is 0.0714. The van der Waals surface area contributed by atoms with E-state index in [1.165, 1.54) is 7.11 Å². The molecule has 0 aliphatic carbocycles. The third kappa shape index (κ3) is 2.85. The van der Waals surface area contributed by atoms with Gasteiger partial charge in [0.15, 0.2) is 11.6 Å². The van der Waals surface area contributed by atoms with Crippen LogP contribution < -0.4 is 10.1 Å². The molecule has 2 aromatic carbocycles. The second kappa shape index (κ2) is 5.56. The monoisotopic (exact) mass is 279 g/mol. The molecule has 6 heteroatoms. The lowest BCUT2D eigenvalue weighted by Crippen LogP contribution is -2.05. The summed E-state index contributed by atoms with van der Waals surface area (Å²) in [5.74, 6) is -3.14. The first-order valence-corrected chi connectivity index (χ1v) is 5.64. The number of carboxylic acids is 1. The van der Waals surface area contributed by atoms with Crippen LogP contribution in [-0.2, 0) is 0 Å². The molecule has 0 bridgehead atoms. The van der Waals surface area contributed by atoms with E-state index < -0.39 is 17.6 Å². The van der Waals surface area contributed by atoms with Crippen LogP contribution >= 0.6 is 0 Å². The number of carboxylic acid groups (broad SMARTS) is 1. The van der Waals surface area contributed by atoms with Gasteiger partial charge in [0.05, 0.1) is 18.4 Å². The maximum absolute atomic E-state index is 13.2. The Hall–Kier alpha value is -2.63. The van der Waals surface area contributed by atoms with Crippen molar-refractivity contribution in [3.05, 3.63) is 53.6 Å². The molecule has 0 amide bonds. The van der Waals surface area contributed by atoms with E-state index in [4.69, 9.17) is 9.84 Å². The minimum absolute atomic E-state index is 0.0374. The lowest BCUT2D eigenvalue weighted by molar-refractivity contribution is 0.0697. The molecular formula is C14H11F2NO3. The van der Waals surface area contributed by atoms with Crippen LogP contribution in [0.3, 0.4) is 0 Å². The van der Waals surface area contributed by atoms with Gasteiger partial charge >= 0.3 is 5.97 Å². The van der Waals surface area contributed by atoms with Crippen molar-refractivity contribution < 1.29 is 23.4 Å². The lowest BCUT2D eigenvalue weighted by atomic mass is 10.1. The molecule has 0 heterocycles. The number of methoxy groups -OCH3 is 1. The Balaban J connectivity index is 2.41. The second-order valence-corrected chi connectivity index (χ2v) is 3.97. The van der Waals surface area contributed by atoms with Crippen LogP contribution in [0.2, 0.25) is 0 Å². The molecular weight excluding hydrogens is 268 g/mol. The number of ether oxygens (including phenoxy) is 1. The van der Waals surface area contributed by atoms with Crippen molar-refractivity contribution in [3.63, 3.8) is 0 Å². The number of hydrogen-bond acceptors (Lipinski definition) is 3. The van der Waals surface area contributed by atoms with E-state index in [2.05, 4.69) is 5.32 Å². The molecule has 0 saturated heterocycles. The number of benzene rings is 2. The molecule has 0 aromatic heterocycles. The number of carbonyl (C=O) groups is 1. The van der Waals surface area contributed by atoms with Crippen LogP contribution in [-0.4, -0.2) is 18.2 Å². The highest BCUT2D eigenvalue weighted by molar-refractivity contribution is 5.95. The summed E-state index contributed by atoms with van der Waals surface area (Å²) in [5.41, 5.74) is 0.106. The smallest absolute Gasteiger partial charge is 0.337 e. The van der Waals surface area contributed by atoms with Crippen molar-refractivity contribution in [2.75, 3.05) is 12.4 Å². The summed E-state index contributed by atoms with van der Waals surface area (Å²) in [5, 5.41) is 11.7. The van der Waals surface area contributed by atoms with Gasteiger partial charge in [-0.15, -0.1) is 0 Å². The van der Waals surface area contributed by atoms with E-state index in [-0.39, 0.29) is 11.3 Å². The van der Waals surface area contributed by atoms with Gasteiger partial charge in [0.1, 0.15) is 5.75 Å². The fourth-order valence-corrected chi connectivity index (χ4v) is 1.68. The van der Waals surface area contributed by atoms with E-state index in [0.717, 1.165) is 6.07 Å². The van der Waals surface area contributed by atoms with Gasteiger partial charge in [-0.25, -0.2) is 13.6 Å². The van der Waals surface area contributed by atoms with E-state index in [0.29, 0.717) is 17.5 Å². The minimum atomic E-state index is -1.35. The Morgan fingerprint density at radius 3 is 2.55 bits per heavy atom. The van der Waals surface area contributed by atoms with Crippen LogP contribution in [0.25, 0.3) is 0 Å². The zero-order valence-corrected chi connectivity index (χ0v) is 10.5. The molecule has 104 valence electrons. The SMILES string of the molecule is COc1cccc(Nc2cc(F)c(F)cc2C(=O)O)c1. The van der Waals surface area contributed by atoms with Gasteiger partial charge in [0, 0.05) is 17.8 Å². The molecule has 0 radical (unpaired) electrons. The molecule has 0 aliphatic rings. The third-order valence-electron chi connectivity index (χ3n) is 2.64. The Bertz CT molecular complexity index is 659. The normalized spacial score (nSPS) is 10.2. The van der Waals surface area contributed by atoms with E-state index in [1.54, 1.807) is 24.3 Å². The van der Waals surface area contributed by atoms with Crippen LogP contribution in [0.5, 0.6) is 5.75 Å². The van der Waals surface area contributed by atoms with Crippen LogP contribution in [0.4, 0.5) is 20.2 Å². The van der Waals surface area contributed by atoms with Gasteiger partial charge in [0.2, 0.25) is 0 Å². The summed E-state index contributed by atoms with van der Waals surface area (Å²) < 4.78 is 31.4. The molecule has 0 fully saturated rings. The third-order valence-corrected chi connectivity index (χ3v) is 2.64. The quantitative estimate of drug-likeness (QED) is 0.900. The topological polar surface area (TPSA) is 58.6 Å². The van der Waals surface area contributed by atoms with Crippen molar-refractivity contribution >= 4 is 17.3 Å². The summed E-state index contributed by atoms with van der Waals surface area (Å²) in [7, 11) is 1.49. The molecule has 2 aromatic rings. The average molecular weight is 279 g/mol. The molecule has 0 spiro atoms. The molecule has 4 nitrogen and oxygen atoms in total. The molecule has 0 unspecified atom stereocenters. The number of hydrogen-bond donors (Lipinski definition) is 2. The summed E-state index contributed by atoms with van der Waals surface area (Å²) in [6.07, 6.45) is 0. The Morgan fingerprint density at radius 2 is 1.90 bits per heavy atom. The first-order valence-electron chi connectivity index (χ1n) is 5.64. The van der Waals surface area contributed by atoms with Crippen molar-refractivity contribution in [2.24, 2.45) is 0 Å². The van der Waals surface area contributed by atoms with Gasteiger partial charge in [-0.2, -0.15) is 0 Å². The largest absolute Gasteiger partial charge is 0.497 e. The predicted molar refractivity (Wildman–Crippen MR) is 69.6 cm³/mol. The van der Waals surface area contributed by atoms with Gasteiger partial charge in [-0.3, -0.25) is 0 Å².